The summed E-state index contributed by atoms with van der Waals surface area (Å²) in [6, 6.07) is 14.6. The maximum absolute atomic E-state index is 13.4. The zero-order valence-corrected chi connectivity index (χ0v) is 14.3. The number of furan rings is 2. The van der Waals surface area contributed by atoms with Gasteiger partial charge in [-0.1, -0.05) is 24.3 Å². The van der Waals surface area contributed by atoms with Crippen LogP contribution in [0, 0.1) is 0 Å². The highest BCUT2D eigenvalue weighted by molar-refractivity contribution is 5.96. The number of hydrogen-bond donors (Lipinski definition) is 0. The Labute approximate surface area is 155 Å². The predicted octanol–water partition coefficient (Wildman–Crippen LogP) is 4.13. The molecule has 0 bridgehead atoms. The molecule has 0 radical (unpaired) electrons. The highest BCUT2D eigenvalue weighted by Gasteiger charge is 2.63. The van der Waals surface area contributed by atoms with E-state index < -0.39 is 11.3 Å². The molecule has 3 heterocycles. The highest BCUT2D eigenvalue weighted by atomic mass is 16.5. The van der Waals surface area contributed by atoms with E-state index in [1.165, 1.54) is 0 Å². The molecule has 1 aliphatic heterocycles. The van der Waals surface area contributed by atoms with Crippen molar-refractivity contribution < 1.29 is 23.2 Å². The summed E-state index contributed by atoms with van der Waals surface area (Å²) in [5.74, 6) is 0.453. The topological polar surface area (TPSA) is 69.7 Å². The lowest BCUT2D eigenvalue weighted by Gasteiger charge is -2.42. The Morgan fingerprint density at radius 1 is 0.963 bits per heavy atom. The van der Waals surface area contributed by atoms with Gasteiger partial charge in [0.05, 0.1) is 18.4 Å². The first kappa shape index (κ1) is 15.9. The Balaban J connectivity index is 1.85. The van der Waals surface area contributed by atoms with Crippen LogP contribution in [0.3, 0.4) is 0 Å². The second-order valence-corrected chi connectivity index (χ2v) is 6.83. The first-order valence-corrected chi connectivity index (χ1v) is 8.80. The third-order valence-electron chi connectivity index (χ3n) is 5.65. The van der Waals surface area contributed by atoms with Gasteiger partial charge in [0, 0.05) is 17.1 Å². The zero-order chi connectivity index (χ0) is 18.4. The number of hydrogen-bond acceptors (Lipinski definition) is 5. The molecule has 0 N–H and O–H groups in total. The molecule has 0 fully saturated rings. The largest absolute Gasteiger partial charge is 0.469 e. The van der Waals surface area contributed by atoms with Crippen LogP contribution < -0.4 is 4.74 Å². The van der Waals surface area contributed by atoms with E-state index in [0.29, 0.717) is 29.3 Å². The summed E-state index contributed by atoms with van der Waals surface area (Å²) < 4.78 is 17.1. The summed E-state index contributed by atoms with van der Waals surface area (Å²) in [5, 5.41) is 0. The van der Waals surface area contributed by atoms with E-state index in [9.17, 15) is 9.59 Å². The number of carbonyl (C=O) groups is 2. The maximum Gasteiger partial charge on any atom is 0.323 e. The molecule has 0 saturated heterocycles. The van der Waals surface area contributed by atoms with Gasteiger partial charge in [0.15, 0.2) is 0 Å². The van der Waals surface area contributed by atoms with Crippen molar-refractivity contribution in [2.24, 2.45) is 0 Å². The van der Waals surface area contributed by atoms with E-state index in [1.807, 2.05) is 30.3 Å². The molecule has 1 spiro atoms. The van der Waals surface area contributed by atoms with Gasteiger partial charge in [-0.15, -0.1) is 0 Å². The molecule has 2 aliphatic rings. The summed E-state index contributed by atoms with van der Waals surface area (Å²) >= 11 is 0. The number of fused-ring (bicyclic) bond motifs is 2. The van der Waals surface area contributed by atoms with Crippen LogP contribution in [0.5, 0.6) is 5.75 Å². The number of allylic oxidation sites excluding steroid dienone is 2. The lowest BCUT2D eigenvalue weighted by Crippen LogP contribution is -2.48. The van der Waals surface area contributed by atoms with E-state index in [0.717, 1.165) is 11.8 Å². The quantitative estimate of drug-likeness (QED) is 0.399. The van der Waals surface area contributed by atoms with Crippen LogP contribution in [0.15, 0.2) is 81.5 Å². The van der Waals surface area contributed by atoms with Gasteiger partial charge in [0.2, 0.25) is 0 Å². The van der Waals surface area contributed by atoms with Crippen LogP contribution in [0.2, 0.25) is 0 Å². The molecule has 3 aromatic rings. The molecule has 0 amide bonds. The zero-order valence-electron chi connectivity index (χ0n) is 14.3. The van der Waals surface area contributed by atoms with Crippen molar-refractivity contribution in [3.63, 3.8) is 0 Å². The smallest absolute Gasteiger partial charge is 0.323 e. The summed E-state index contributed by atoms with van der Waals surface area (Å²) in [6.45, 7) is 0. The first-order chi connectivity index (χ1) is 13.3. The van der Waals surface area contributed by atoms with Gasteiger partial charge >= 0.3 is 5.97 Å². The predicted molar refractivity (Wildman–Crippen MR) is 95.4 cm³/mol. The maximum atomic E-state index is 13.4. The van der Waals surface area contributed by atoms with Crippen LogP contribution in [0.4, 0.5) is 0 Å². The molecule has 134 valence electrons. The fraction of sp³-hybridized carbons (Fsp3) is 0.182. The minimum Gasteiger partial charge on any atom is -0.469 e. The number of para-hydroxylation sites is 1. The highest BCUT2D eigenvalue weighted by Crippen LogP contribution is 2.61. The molecule has 27 heavy (non-hydrogen) atoms. The van der Waals surface area contributed by atoms with Crippen molar-refractivity contribution in [3.05, 3.63) is 89.8 Å². The Bertz CT molecular complexity index is 1030. The second-order valence-electron chi connectivity index (χ2n) is 6.83. The van der Waals surface area contributed by atoms with E-state index in [1.54, 1.807) is 36.8 Å². The third-order valence-corrected chi connectivity index (χ3v) is 5.65. The molecule has 5 heteroatoms. The lowest BCUT2D eigenvalue weighted by molar-refractivity contribution is -0.140. The van der Waals surface area contributed by atoms with Gasteiger partial charge in [-0.25, -0.2) is 0 Å². The molecular weight excluding hydrogens is 344 g/mol. The number of rotatable bonds is 3. The fourth-order valence-electron chi connectivity index (χ4n) is 4.61. The van der Waals surface area contributed by atoms with Crippen molar-refractivity contribution in [1.82, 2.24) is 0 Å². The van der Waals surface area contributed by atoms with Gasteiger partial charge < -0.3 is 13.6 Å². The van der Waals surface area contributed by atoms with Crippen LogP contribution >= 0.6 is 0 Å². The van der Waals surface area contributed by atoms with E-state index in [-0.39, 0.29) is 11.9 Å². The first-order valence-electron chi connectivity index (χ1n) is 8.80. The molecule has 0 saturated carbocycles. The molecule has 5 nitrogen and oxygen atoms in total. The Kier molecular flexibility index (Phi) is 3.44. The van der Waals surface area contributed by atoms with Crippen LogP contribution in [-0.4, -0.2) is 12.3 Å². The normalized spacial score (nSPS) is 26.5. The molecule has 5 rings (SSSR count). The molecule has 3 atom stereocenters. The molecule has 1 aromatic carbocycles. The second kappa shape index (κ2) is 5.84. The Morgan fingerprint density at radius 3 is 2.41 bits per heavy atom. The van der Waals surface area contributed by atoms with Crippen molar-refractivity contribution >= 4 is 12.3 Å². The van der Waals surface area contributed by atoms with E-state index >= 15 is 0 Å². The Hall–Kier alpha value is -3.34. The summed E-state index contributed by atoms with van der Waals surface area (Å²) in [7, 11) is 0. The van der Waals surface area contributed by atoms with E-state index in [2.05, 4.69) is 0 Å². The van der Waals surface area contributed by atoms with Crippen molar-refractivity contribution in [2.75, 3.05) is 0 Å². The van der Waals surface area contributed by atoms with Crippen LogP contribution in [0.1, 0.15) is 35.3 Å². The summed E-state index contributed by atoms with van der Waals surface area (Å²) in [5.41, 5.74) is 0.142. The number of esters is 1. The lowest BCUT2D eigenvalue weighted by atomic mass is 9.56. The number of benzene rings is 1. The fourth-order valence-corrected chi connectivity index (χ4v) is 4.61. The van der Waals surface area contributed by atoms with Gasteiger partial charge in [-0.3, -0.25) is 9.59 Å². The van der Waals surface area contributed by atoms with Crippen LogP contribution in [-0.2, 0) is 15.0 Å². The minimum atomic E-state index is -1.13. The van der Waals surface area contributed by atoms with Gasteiger partial charge in [-0.05, 0) is 36.8 Å². The van der Waals surface area contributed by atoms with Gasteiger partial charge in [-0.2, -0.15) is 0 Å². The summed E-state index contributed by atoms with van der Waals surface area (Å²) in [4.78, 5) is 25.4. The number of carbonyl (C=O) groups excluding carboxylic acids is 2. The molecule has 2 aromatic heterocycles. The third kappa shape index (κ3) is 2.05. The van der Waals surface area contributed by atoms with Crippen molar-refractivity contribution in [1.29, 1.82) is 0 Å². The average Bonchev–Trinajstić information content (AvgIpc) is 3.44. The molecule has 1 aliphatic carbocycles. The summed E-state index contributed by atoms with van der Waals surface area (Å²) in [6.07, 6.45) is 6.31. The van der Waals surface area contributed by atoms with Gasteiger partial charge in [0.25, 0.3) is 0 Å². The monoisotopic (exact) mass is 360 g/mol. The molecular formula is C22H16O5. The SMILES string of the molecule is O=CC1=CC[C@@H](c2ccco2)[C@@]2(C(=O)Oc3ccccc32)[C@@H]1c1ccco1. The number of aldehydes is 1. The van der Waals surface area contributed by atoms with E-state index in [4.69, 9.17) is 13.6 Å². The number of ether oxygens (including phenoxy) is 1. The Morgan fingerprint density at radius 2 is 1.70 bits per heavy atom. The molecule has 0 unspecified atom stereocenters. The van der Waals surface area contributed by atoms with Crippen LogP contribution in [0.25, 0.3) is 0 Å². The standard InChI is InChI=1S/C22H16O5/c23-13-14-9-10-16(17-7-3-11-25-17)22(20(14)19-8-4-12-26-19)15-5-1-2-6-18(15)27-21(22)24/h1-9,11-13,16,20H,10H2/t16-,20-,22+/m0/s1. The van der Waals surface area contributed by atoms with Gasteiger partial charge in [0.1, 0.15) is 29.0 Å². The minimum absolute atomic E-state index is 0.317. The van der Waals surface area contributed by atoms with Crippen molar-refractivity contribution in [2.45, 2.75) is 23.7 Å². The van der Waals surface area contributed by atoms with Crippen molar-refractivity contribution in [3.8, 4) is 5.75 Å². The average molecular weight is 360 g/mol.